The van der Waals surface area contributed by atoms with Crippen LogP contribution in [0, 0.1) is 0 Å². The number of rotatable bonds is 6. The first-order valence-electron chi connectivity index (χ1n) is 10.3. The number of carbonyl (C=O) groups excluding carboxylic acids is 2. The molecule has 1 aromatic heterocycles. The van der Waals surface area contributed by atoms with Crippen LogP contribution in [0.4, 0.5) is 0 Å². The molecule has 4 rings (SSSR count). The maximum atomic E-state index is 12.8. The van der Waals surface area contributed by atoms with Crippen molar-refractivity contribution in [2.24, 2.45) is 0 Å². The molecule has 1 aliphatic heterocycles. The summed E-state index contributed by atoms with van der Waals surface area (Å²) in [5, 5.41) is 0. The molecule has 0 N–H and O–H groups in total. The highest BCUT2D eigenvalue weighted by molar-refractivity contribution is 5.97. The van der Waals surface area contributed by atoms with E-state index in [2.05, 4.69) is 15.8 Å². The molecule has 2 aromatic rings. The van der Waals surface area contributed by atoms with Gasteiger partial charge in [-0.25, -0.2) is 4.98 Å². The highest BCUT2D eigenvalue weighted by Gasteiger charge is 2.26. The second kappa shape index (κ2) is 8.64. The average Bonchev–Trinajstić information content (AvgIpc) is 3.26. The van der Waals surface area contributed by atoms with Gasteiger partial charge in [0.2, 0.25) is 5.88 Å². The van der Waals surface area contributed by atoms with Gasteiger partial charge in [-0.3, -0.25) is 9.59 Å². The highest BCUT2D eigenvalue weighted by atomic mass is 16.5. The average molecular weight is 394 g/mol. The molecule has 29 heavy (non-hydrogen) atoms. The summed E-state index contributed by atoms with van der Waals surface area (Å²) in [6, 6.07) is 9.84. The Labute approximate surface area is 170 Å². The van der Waals surface area contributed by atoms with E-state index in [0.717, 1.165) is 36.0 Å². The monoisotopic (exact) mass is 394 g/mol. The predicted molar refractivity (Wildman–Crippen MR) is 109 cm³/mol. The van der Waals surface area contributed by atoms with Gasteiger partial charge in [-0.05, 0) is 61.4 Å². The van der Waals surface area contributed by atoms with Crippen LogP contribution in [0.3, 0.4) is 0 Å². The fourth-order valence-electron chi connectivity index (χ4n) is 4.11. The molecule has 0 spiro atoms. The van der Waals surface area contributed by atoms with Crippen molar-refractivity contribution in [1.29, 1.82) is 0 Å². The summed E-state index contributed by atoms with van der Waals surface area (Å²) in [5.74, 6) is 0.335. The predicted octanol–water partition coefficient (Wildman–Crippen LogP) is 3.63. The van der Waals surface area contributed by atoms with E-state index in [9.17, 15) is 9.59 Å². The summed E-state index contributed by atoms with van der Waals surface area (Å²) in [6.45, 7) is 0.986. The van der Waals surface area contributed by atoms with Crippen LogP contribution >= 0.6 is 0 Å². The number of fused-ring (bicyclic) bond motifs is 1. The van der Waals surface area contributed by atoms with Gasteiger partial charge in [-0.2, -0.15) is 0 Å². The minimum Gasteiger partial charge on any atom is -0.474 e. The Hall–Kier alpha value is -2.89. The summed E-state index contributed by atoms with van der Waals surface area (Å²) in [5.41, 5.74) is 3.70. The Balaban J connectivity index is 1.54. The van der Waals surface area contributed by atoms with Crippen molar-refractivity contribution >= 4 is 11.9 Å². The Morgan fingerprint density at radius 1 is 1.21 bits per heavy atom. The number of pyridine rings is 1. The topological polar surface area (TPSA) is 68.7 Å². The number of amides is 1. The number of nitrogens with zero attached hydrogens (tertiary/aromatic N) is 2. The lowest BCUT2D eigenvalue weighted by molar-refractivity contribution is -0.140. The van der Waals surface area contributed by atoms with E-state index in [1.807, 2.05) is 24.3 Å². The van der Waals surface area contributed by atoms with Gasteiger partial charge in [0.05, 0.1) is 13.5 Å². The number of benzene rings is 1. The summed E-state index contributed by atoms with van der Waals surface area (Å²) in [6.07, 6.45) is 7.55. The number of methoxy groups -OCH3 is 1. The van der Waals surface area contributed by atoms with Crippen molar-refractivity contribution in [3.63, 3.8) is 0 Å². The van der Waals surface area contributed by atoms with Crippen LogP contribution in [0.25, 0.3) is 11.1 Å². The van der Waals surface area contributed by atoms with Gasteiger partial charge < -0.3 is 14.4 Å². The summed E-state index contributed by atoms with van der Waals surface area (Å²) < 4.78 is 10.9. The van der Waals surface area contributed by atoms with E-state index in [1.54, 1.807) is 11.1 Å². The normalized spacial score (nSPS) is 16.6. The van der Waals surface area contributed by atoms with Gasteiger partial charge >= 0.3 is 5.97 Å². The largest absolute Gasteiger partial charge is 0.474 e. The molecule has 0 saturated heterocycles. The minimum atomic E-state index is -0.301. The zero-order valence-electron chi connectivity index (χ0n) is 16.7. The maximum Gasteiger partial charge on any atom is 0.307 e. The van der Waals surface area contributed by atoms with E-state index >= 15 is 0 Å². The zero-order chi connectivity index (χ0) is 20.2. The third kappa shape index (κ3) is 4.26. The van der Waals surface area contributed by atoms with Gasteiger partial charge in [0, 0.05) is 30.4 Å². The van der Waals surface area contributed by atoms with Crippen molar-refractivity contribution in [3.8, 4) is 17.0 Å². The quantitative estimate of drug-likeness (QED) is 0.700. The van der Waals surface area contributed by atoms with E-state index < -0.39 is 0 Å². The molecule has 0 unspecified atom stereocenters. The molecule has 2 aliphatic rings. The van der Waals surface area contributed by atoms with Crippen LogP contribution in [0.1, 0.15) is 48.0 Å². The van der Waals surface area contributed by atoms with E-state index in [-0.39, 0.29) is 24.4 Å². The molecule has 2 heterocycles. The molecule has 6 heteroatoms. The molecule has 1 aliphatic carbocycles. The second-order valence-corrected chi connectivity index (χ2v) is 7.62. The van der Waals surface area contributed by atoms with Crippen LogP contribution in [-0.4, -0.2) is 48.1 Å². The molecule has 1 fully saturated rings. The standard InChI is InChI=1S/C23H26N2O4/c1-28-21(26)11-14-25-13-10-17-15-16(8-9-20(17)23(25)27)19-7-4-12-24-22(19)29-18-5-2-3-6-18/h4,7-9,12,15,18H,2-3,5-6,10-11,13-14H2,1H3. The van der Waals surface area contributed by atoms with Crippen molar-refractivity contribution in [3.05, 3.63) is 47.7 Å². The third-order valence-electron chi connectivity index (χ3n) is 5.75. The fraction of sp³-hybridized carbons (Fsp3) is 0.435. The number of ether oxygens (including phenoxy) is 2. The van der Waals surface area contributed by atoms with Crippen molar-refractivity contribution in [1.82, 2.24) is 9.88 Å². The Morgan fingerprint density at radius 2 is 2.03 bits per heavy atom. The fourth-order valence-corrected chi connectivity index (χ4v) is 4.11. The SMILES string of the molecule is COC(=O)CCN1CCc2cc(-c3cccnc3OC3CCCC3)ccc2C1=O. The van der Waals surface area contributed by atoms with E-state index in [0.29, 0.717) is 24.5 Å². The molecule has 6 nitrogen and oxygen atoms in total. The van der Waals surface area contributed by atoms with Crippen molar-refractivity contribution < 1.29 is 19.1 Å². The zero-order valence-corrected chi connectivity index (χ0v) is 16.7. The number of hydrogen-bond donors (Lipinski definition) is 0. The summed E-state index contributed by atoms with van der Waals surface area (Å²) in [4.78, 5) is 30.4. The van der Waals surface area contributed by atoms with Crippen LogP contribution in [0.5, 0.6) is 5.88 Å². The van der Waals surface area contributed by atoms with Crippen LogP contribution in [0.15, 0.2) is 36.5 Å². The number of hydrogen-bond acceptors (Lipinski definition) is 5. The Morgan fingerprint density at radius 3 is 2.83 bits per heavy atom. The Bertz CT molecular complexity index is 906. The van der Waals surface area contributed by atoms with Crippen LogP contribution in [0.2, 0.25) is 0 Å². The van der Waals surface area contributed by atoms with Gasteiger partial charge in [0.1, 0.15) is 6.10 Å². The number of aromatic nitrogens is 1. The molecule has 0 bridgehead atoms. The molecular formula is C23H26N2O4. The van der Waals surface area contributed by atoms with Crippen molar-refractivity contribution in [2.45, 2.75) is 44.6 Å². The van der Waals surface area contributed by atoms with Crippen molar-refractivity contribution in [2.75, 3.05) is 20.2 Å². The lowest BCUT2D eigenvalue weighted by atomic mass is 9.94. The summed E-state index contributed by atoms with van der Waals surface area (Å²) >= 11 is 0. The third-order valence-corrected chi connectivity index (χ3v) is 5.75. The summed E-state index contributed by atoms with van der Waals surface area (Å²) in [7, 11) is 1.36. The van der Waals surface area contributed by atoms with Gasteiger partial charge in [-0.1, -0.05) is 12.1 Å². The van der Waals surface area contributed by atoms with Gasteiger partial charge in [-0.15, -0.1) is 0 Å². The molecule has 0 radical (unpaired) electrons. The molecule has 0 atom stereocenters. The molecule has 152 valence electrons. The molecule has 1 saturated carbocycles. The number of esters is 1. The first kappa shape index (κ1) is 19.4. The Kier molecular flexibility index (Phi) is 5.79. The van der Waals surface area contributed by atoms with Gasteiger partial charge in [0.25, 0.3) is 5.91 Å². The first-order chi connectivity index (χ1) is 14.2. The molecule has 1 amide bonds. The highest BCUT2D eigenvalue weighted by Crippen LogP contribution is 2.33. The molecular weight excluding hydrogens is 368 g/mol. The maximum absolute atomic E-state index is 12.8. The van der Waals surface area contributed by atoms with Gasteiger partial charge in [0.15, 0.2) is 0 Å². The first-order valence-corrected chi connectivity index (χ1v) is 10.3. The minimum absolute atomic E-state index is 0.0321. The van der Waals surface area contributed by atoms with Crippen LogP contribution < -0.4 is 4.74 Å². The smallest absolute Gasteiger partial charge is 0.307 e. The second-order valence-electron chi connectivity index (χ2n) is 7.62. The lowest BCUT2D eigenvalue weighted by Gasteiger charge is -2.28. The lowest BCUT2D eigenvalue weighted by Crippen LogP contribution is -2.39. The van der Waals surface area contributed by atoms with E-state index in [1.165, 1.54) is 20.0 Å². The van der Waals surface area contributed by atoms with E-state index in [4.69, 9.17) is 4.74 Å². The molecule has 1 aromatic carbocycles. The number of carbonyl (C=O) groups is 2. The van der Waals surface area contributed by atoms with Crippen LogP contribution in [-0.2, 0) is 16.0 Å².